The first kappa shape index (κ1) is 25.2. The number of nitrogens with one attached hydrogen (secondary N) is 3. The number of fused-ring (bicyclic) bond motifs is 1. The molecule has 0 radical (unpaired) electrons. The number of benzene rings is 3. The van der Waals surface area contributed by atoms with E-state index in [4.69, 9.17) is 0 Å². The number of carbonyl (C=O) groups is 3. The molecule has 1 aliphatic carbocycles. The number of carbonyl (C=O) groups excluding carboxylic acids is 2. The number of hydrogen-bond donors (Lipinski definition) is 4. The quantitative estimate of drug-likeness (QED) is 0.333. The lowest BCUT2D eigenvalue weighted by molar-refractivity contribution is -0.142. The zero-order chi connectivity index (χ0) is 26.0. The molecule has 0 aliphatic heterocycles. The molecule has 36 heavy (non-hydrogen) atoms. The Balaban J connectivity index is 1.65. The summed E-state index contributed by atoms with van der Waals surface area (Å²) in [6.07, 6.45) is 3.36. The van der Waals surface area contributed by atoms with Gasteiger partial charge in [0.1, 0.15) is 6.04 Å². The number of anilines is 2. The predicted molar refractivity (Wildman–Crippen MR) is 143 cm³/mol. The molecule has 1 atom stereocenters. The highest BCUT2D eigenvalue weighted by molar-refractivity contribution is 6.10. The number of aliphatic carboxylic acids is 1. The first-order valence-electron chi connectivity index (χ1n) is 12.3. The molecule has 3 amide bonds. The summed E-state index contributed by atoms with van der Waals surface area (Å²) in [4.78, 5) is 38.6. The predicted octanol–water partition coefficient (Wildman–Crippen LogP) is 6.17. The van der Waals surface area contributed by atoms with Crippen LogP contribution >= 0.6 is 0 Å². The highest BCUT2D eigenvalue weighted by atomic mass is 16.4. The SMILES string of the molecule is Cc1cc(C)c(NC(=O)Nc2cc3ccccc3cc2C(=O)N[C@H](C(=O)O)C2(C)CCCC2)c(C)c1. The first-order chi connectivity index (χ1) is 17.1. The highest BCUT2D eigenvalue weighted by Crippen LogP contribution is 2.41. The highest BCUT2D eigenvalue weighted by Gasteiger charge is 2.42. The van der Waals surface area contributed by atoms with Gasteiger partial charge in [-0.3, -0.25) is 4.79 Å². The second-order valence-corrected chi connectivity index (χ2v) is 10.2. The van der Waals surface area contributed by atoms with Crippen molar-refractivity contribution in [2.75, 3.05) is 10.6 Å². The summed E-state index contributed by atoms with van der Waals surface area (Å²) in [6, 6.07) is 13.4. The van der Waals surface area contributed by atoms with E-state index >= 15 is 0 Å². The molecule has 1 fully saturated rings. The molecule has 1 aliphatic rings. The van der Waals surface area contributed by atoms with Crippen molar-refractivity contribution in [2.24, 2.45) is 5.41 Å². The minimum Gasteiger partial charge on any atom is -0.480 e. The molecule has 7 heteroatoms. The van der Waals surface area contributed by atoms with Gasteiger partial charge in [0.05, 0.1) is 11.3 Å². The minimum absolute atomic E-state index is 0.217. The largest absolute Gasteiger partial charge is 0.480 e. The molecular formula is C29H33N3O4. The van der Waals surface area contributed by atoms with Crippen molar-refractivity contribution in [1.29, 1.82) is 0 Å². The van der Waals surface area contributed by atoms with Crippen molar-refractivity contribution in [2.45, 2.75) is 59.4 Å². The van der Waals surface area contributed by atoms with E-state index in [0.29, 0.717) is 11.4 Å². The van der Waals surface area contributed by atoms with Gasteiger partial charge < -0.3 is 21.1 Å². The average molecular weight is 488 g/mol. The van der Waals surface area contributed by atoms with E-state index in [2.05, 4.69) is 16.0 Å². The number of carboxylic acid groups (broad SMARTS) is 1. The third-order valence-electron chi connectivity index (χ3n) is 7.26. The van der Waals surface area contributed by atoms with Gasteiger partial charge in [0.15, 0.2) is 0 Å². The van der Waals surface area contributed by atoms with Crippen LogP contribution in [-0.4, -0.2) is 29.1 Å². The smallest absolute Gasteiger partial charge is 0.326 e. The van der Waals surface area contributed by atoms with Crippen molar-refractivity contribution in [1.82, 2.24) is 5.32 Å². The summed E-state index contributed by atoms with van der Waals surface area (Å²) in [5, 5.41) is 20.1. The number of urea groups is 1. The minimum atomic E-state index is -1.05. The maximum atomic E-state index is 13.5. The molecule has 7 nitrogen and oxygen atoms in total. The van der Waals surface area contributed by atoms with Crippen molar-refractivity contribution in [3.63, 3.8) is 0 Å². The molecule has 0 bridgehead atoms. The Labute approximate surface area is 211 Å². The van der Waals surface area contributed by atoms with Gasteiger partial charge in [-0.05, 0) is 73.1 Å². The second kappa shape index (κ2) is 10.0. The second-order valence-electron chi connectivity index (χ2n) is 10.2. The number of hydrogen-bond acceptors (Lipinski definition) is 3. The molecule has 4 rings (SSSR count). The van der Waals surface area contributed by atoms with Gasteiger partial charge in [-0.1, -0.05) is 61.7 Å². The van der Waals surface area contributed by atoms with E-state index in [9.17, 15) is 19.5 Å². The molecule has 0 aromatic heterocycles. The Morgan fingerprint density at radius 2 is 1.47 bits per heavy atom. The summed E-state index contributed by atoms with van der Waals surface area (Å²) >= 11 is 0. The van der Waals surface area contributed by atoms with Gasteiger partial charge >= 0.3 is 12.0 Å². The zero-order valence-corrected chi connectivity index (χ0v) is 21.2. The fraction of sp³-hybridized carbons (Fsp3) is 0.345. The summed E-state index contributed by atoms with van der Waals surface area (Å²) in [5.74, 6) is -1.58. The lowest BCUT2D eigenvalue weighted by atomic mass is 9.80. The Morgan fingerprint density at radius 3 is 2.06 bits per heavy atom. The van der Waals surface area contributed by atoms with E-state index in [1.165, 1.54) is 0 Å². The summed E-state index contributed by atoms with van der Waals surface area (Å²) < 4.78 is 0. The van der Waals surface area contributed by atoms with Crippen LogP contribution in [-0.2, 0) is 4.79 Å². The molecule has 188 valence electrons. The van der Waals surface area contributed by atoms with Crippen molar-refractivity contribution >= 4 is 40.1 Å². The monoisotopic (exact) mass is 487 g/mol. The van der Waals surface area contributed by atoms with Crippen molar-refractivity contribution in [3.8, 4) is 0 Å². The summed E-state index contributed by atoms with van der Waals surface area (Å²) in [5.41, 5.74) is 3.71. The van der Waals surface area contributed by atoms with Crippen molar-refractivity contribution in [3.05, 3.63) is 70.8 Å². The molecular weight excluding hydrogens is 454 g/mol. The van der Waals surface area contributed by atoms with Crippen LogP contribution < -0.4 is 16.0 Å². The maximum absolute atomic E-state index is 13.5. The van der Waals surface area contributed by atoms with Gasteiger partial charge in [0, 0.05) is 5.69 Å². The van der Waals surface area contributed by atoms with Crippen molar-refractivity contribution < 1.29 is 19.5 Å². The third kappa shape index (κ3) is 5.20. The van der Waals surface area contributed by atoms with Crippen LogP contribution in [0.1, 0.15) is 59.7 Å². The fourth-order valence-electron chi connectivity index (χ4n) is 5.39. The summed E-state index contributed by atoms with van der Waals surface area (Å²) in [7, 11) is 0. The van der Waals surface area contributed by atoms with Crippen LogP contribution in [0.25, 0.3) is 10.8 Å². The van der Waals surface area contributed by atoms with E-state index in [-0.39, 0.29) is 5.56 Å². The normalized spacial score (nSPS) is 15.3. The lowest BCUT2D eigenvalue weighted by Gasteiger charge is -2.31. The molecule has 0 spiro atoms. The number of aryl methyl sites for hydroxylation is 3. The lowest BCUT2D eigenvalue weighted by Crippen LogP contribution is -2.50. The Morgan fingerprint density at radius 1 is 0.889 bits per heavy atom. The number of rotatable bonds is 6. The number of amides is 3. The Bertz CT molecular complexity index is 1320. The van der Waals surface area contributed by atoms with E-state index < -0.39 is 29.4 Å². The molecule has 4 N–H and O–H groups in total. The Kier molecular flexibility index (Phi) is 7.02. The van der Waals surface area contributed by atoms with Crippen LogP contribution in [0.4, 0.5) is 16.2 Å². The Hall–Kier alpha value is -3.87. The van der Waals surface area contributed by atoms with E-state index in [0.717, 1.165) is 53.1 Å². The topological polar surface area (TPSA) is 108 Å². The van der Waals surface area contributed by atoms with E-state index in [1.54, 1.807) is 12.1 Å². The molecule has 3 aromatic rings. The van der Waals surface area contributed by atoms with Crippen LogP contribution in [0.5, 0.6) is 0 Å². The molecule has 0 unspecified atom stereocenters. The third-order valence-corrected chi connectivity index (χ3v) is 7.26. The summed E-state index contributed by atoms with van der Waals surface area (Å²) in [6.45, 7) is 7.78. The van der Waals surface area contributed by atoms with Gasteiger partial charge in [-0.25, -0.2) is 9.59 Å². The van der Waals surface area contributed by atoms with Crippen LogP contribution in [0, 0.1) is 26.2 Å². The van der Waals surface area contributed by atoms with Gasteiger partial charge in [0.2, 0.25) is 0 Å². The number of carboxylic acids is 1. The maximum Gasteiger partial charge on any atom is 0.326 e. The molecule has 0 heterocycles. The average Bonchev–Trinajstić information content (AvgIpc) is 3.26. The van der Waals surface area contributed by atoms with Crippen LogP contribution in [0.2, 0.25) is 0 Å². The van der Waals surface area contributed by atoms with E-state index in [1.807, 2.05) is 64.1 Å². The first-order valence-corrected chi connectivity index (χ1v) is 12.3. The van der Waals surface area contributed by atoms with Gasteiger partial charge in [-0.15, -0.1) is 0 Å². The van der Waals surface area contributed by atoms with Crippen LogP contribution in [0.15, 0.2) is 48.5 Å². The zero-order valence-electron chi connectivity index (χ0n) is 21.2. The van der Waals surface area contributed by atoms with Crippen LogP contribution in [0.3, 0.4) is 0 Å². The van der Waals surface area contributed by atoms with Gasteiger partial charge in [-0.2, -0.15) is 0 Å². The fourth-order valence-corrected chi connectivity index (χ4v) is 5.39. The molecule has 1 saturated carbocycles. The molecule has 0 saturated heterocycles. The molecule has 3 aromatic carbocycles. The van der Waals surface area contributed by atoms with Gasteiger partial charge in [0.25, 0.3) is 5.91 Å². The standard InChI is InChI=1S/C29H33N3O4/c1-17-13-18(2)24(19(3)14-17)31-28(36)30-23-16-21-10-6-5-9-20(21)15-22(23)26(33)32-25(27(34)35)29(4)11-7-8-12-29/h5-6,9-10,13-16,25H,7-8,11-12H2,1-4H3,(H,32,33)(H,34,35)(H2,30,31,36)/t25-/m1/s1.